The van der Waals surface area contributed by atoms with Crippen molar-refractivity contribution in [3.05, 3.63) is 64.6 Å². The Hall–Kier alpha value is -2.33. The van der Waals surface area contributed by atoms with Crippen LogP contribution in [0.4, 0.5) is 0 Å². The van der Waals surface area contributed by atoms with Crippen LogP contribution < -0.4 is 5.43 Å². The van der Waals surface area contributed by atoms with Crippen molar-refractivity contribution in [2.45, 2.75) is 6.92 Å². The summed E-state index contributed by atoms with van der Waals surface area (Å²) in [7, 11) is 0. The smallest absolute Gasteiger partial charge is 0.274 e. The van der Waals surface area contributed by atoms with Crippen LogP contribution in [0.15, 0.2) is 57.2 Å². The molecule has 0 bridgehead atoms. The van der Waals surface area contributed by atoms with Gasteiger partial charge in [0.1, 0.15) is 5.76 Å². The van der Waals surface area contributed by atoms with E-state index in [9.17, 15) is 4.79 Å². The van der Waals surface area contributed by atoms with Gasteiger partial charge in [-0.15, -0.1) is 0 Å². The number of nitrogens with zero attached hydrogens (tertiary/aromatic N) is 1. The van der Waals surface area contributed by atoms with Crippen molar-refractivity contribution in [1.82, 2.24) is 5.43 Å². The zero-order valence-electron chi connectivity index (χ0n) is 10.8. The lowest BCUT2D eigenvalue weighted by Crippen LogP contribution is -2.17. The van der Waals surface area contributed by atoms with Crippen LogP contribution >= 0.6 is 11.6 Å². The monoisotopic (exact) mass is 288 g/mol. The Morgan fingerprint density at radius 3 is 2.70 bits per heavy atom. The van der Waals surface area contributed by atoms with E-state index in [1.54, 1.807) is 19.1 Å². The number of benzene rings is 1. The normalized spacial score (nSPS) is 11.8. The third-order valence-electron chi connectivity index (χ3n) is 2.56. The number of furan rings is 1. The Bertz CT molecular complexity index is 645. The van der Waals surface area contributed by atoms with E-state index < -0.39 is 0 Å². The van der Waals surface area contributed by atoms with E-state index in [-0.39, 0.29) is 5.91 Å². The molecule has 1 N–H and O–H groups in total. The second kappa shape index (κ2) is 6.73. The van der Waals surface area contributed by atoms with Crippen LogP contribution in [0.5, 0.6) is 0 Å². The summed E-state index contributed by atoms with van der Waals surface area (Å²) in [6.07, 6.45) is 4.58. The van der Waals surface area contributed by atoms with Crippen LogP contribution in [-0.2, 0) is 0 Å². The van der Waals surface area contributed by atoms with E-state index in [0.717, 1.165) is 5.56 Å². The molecule has 0 atom stereocenters. The Balaban J connectivity index is 1.95. The highest BCUT2D eigenvalue weighted by Gasteiger charge is 2.09. The summed E-state index contributed by atoms with van der Waals surface area (Å²) in [5.74, 6) is 0.209. The van der Waals surface area contributed by atoms with E-state index >= 15 is 0 Å². The van der Waals surface area contributed by atoms with Crippen molar-refractivity contribution >= 4 is 29.8 Å². The van der Waals surface area contributed by atoms with Crippen LogP contribution in [0.25, 0.3) is 6.08 Å². The number of amides is 1. The van der Waals surface area contributed by atoms with Crippen molar-refractivity contribution in [2.24, 2.45) is 5.10 Å². The number of carbonyl (C=O) groups is 1. The minimum atomic E-state index is -0.336. The molecule has 2 aromatic rings. The molecule has 2 rings (SSSR count). The van der Waals surface area contributed by atoms with Crippen LogP contribution in [-0.4, -0.2) is 12.1 Å². The van der Waals surface area contributed by atoms with Crippen molar-refractivity contribution in [1.29, 1.82) is 0 Å². The van der Waals surface area contributed by atoms with Crippen LogP contribution in [0.1, 0.15) is 21.7 Å². The molecule has 1 aromatic carbocycles. The topological polar surface area (TPSA) is 54.6 Å². The minimum absolute atomic E-state index is 0.336. The van der Waals surface area contributed by atoms with Gasteiger partial charge >= 0.3 is 0 Å². The first-order chi connectivity index (χ1) is 9.66. The average molecular weight is 289 g/mol. The maximum Gasteiger partial charge on any atom is 0.274 e. The highest BCUT2D eigenvalue weighted by molar-refractivity contribution is 6.41. The zero-order chi connectivity index (χ0) is 14.4. The lowest BCUT2D eigenvalue weighted by molar-refractivity contribution is 0.0953. The van der Waals surface area contributed by atoms with Gasteiger partial charge in [0.15, 0.2) is 0 Å². The molecular formula is C15H13ClN2O2. The first-order valence-electron chi connectivity index (χ1n) is 5.96. The quantitative estimate of drug-likeness (QED) is 0.690. The summed E-state index contributed by atoms with van der Waals surface area (Å²) in [6.45, 7) is 1.71. The fourth-order valence-electron chi connectivity index (χ4n) is 1.58. The van der Waals surface area contributed by atoms with E-state index in [2.05, 4.69) is 10.5 Å². The third-order valence-corrected chi connectivity index (χ3v) is 2.77. The maximum absolute atomic E-state index is 11.7. The SMILES string of the molecule is Cc1occc1C(=O)NN=C/C(Cl)=C/c1ccccc1. The van der Waals surface area contributed by atoms with Gasteiger partial charge in [-0.05, 0) is 24.6 Å². The molecule has 102 valence electrons. The molecule has 0 saturated carbocycles. The predicted octanol–water partition coefficient (Wildman–Crippen LogP) is 3.58. The van der Waals surface area contributed by atoms with Crippen molar-refractivity contribution in [3.63, 3.8) is 0 Å². The summed E-state index contributed by atoms with van der Waals surface area (Å²) < 4.78 is 5.04. The molecule has 0 radical (unpaired) electrons. The number of allylic oxidation sites excluding steroid dienone is 1. The lowest BCUT2D eigenvalue weighted by Gasteiger charge is -1.97. The Morgan fingerprint density at radius 2 is 2.05 bits per heavy atom. The third kappa shape index (κ3) is 3.83. The highest BCUT2D eigenvalue weighted by atomic mass is 35.5. The molecular weight excluding hydrogens is 276 g/mol. The van der Waals surface area contributed by atoms with Gasteiger partial charge in [0, 0.05) is 0 Å². The molecule has 0 aliphatic rings. The van der Waals surface area contributed by atoms with Crippen molar-refractivity contribution < 1.29 is 9.21 Å². The molecule has 0 aliphatic heterocycles. The summed E-state index contributed by atoms with van der Waals surface area (Å²) >= 11 is 6.00. The molecule has 1 amide bonds. The summed E-state index contributed by atoms with van der Waals surface area (Å²) in [5.41, 5.74) is 3.80. The molecule has 0 spiro atoms. The van der Waals surface area contributed by atoms with E-state index in [4.69, 9.17) is 16.0 Å². The van der Waals surface area contributed by atoms with Crippen molar-refractivity contribution in [3.8, 4) is 0 Å². The minimum Gasteiger partial charge on any atom is -0.469 e. The van der Waals surface area contributed by atoms with Gasteiger partial charge in [0.25, 0.3) is 5.91 Å². The number of rotatable bonds is 4. The number of hydrazone groups is 1. The van der Waals surface area contributed by atoms with Gasteiger partial charge in [-0.1, -0.05) is 41.9 Å². The Labute approximate surface area is 121 Å². The second-order valence-electron chi connectivity index (χ2n) is 4.03. The van der Waals surface area contributed by atoms with E-state index in [0.29, 0.717) is 16.4 Å². The number of halogens is 1. The van der Waals surface area contributed by atoms with E-state index in [1.807, 2.05) is 30.3 Å². The molecule has 1 aromatic heterocycles. The largest absolute Gasteiger partial charge is 0.469 e. The van der Waals surface area contributed by atoms with Gasteiger partial charge in [-0.25, -0.2) is 5.43 Å². The molecule has 4 nitrogen and oxygen atoms in total. The van der Waals surface area contributed by atoms with Gasteiger partial charge < -0.3 is 4.42 Å². The standard InChI is InChI=1S/C15H13ClN2O2/c1-11-14(7-8-20-11)15(19)18-17-10-13(16)9-12-5-3-2-4-6-12/h2-10H,1H3,(H,18,19)/b13-9-,17-10?. The number of carbonyl (C=O) groups excluding carboxylic acids is 1. The lowest BCUT2D eigenvalue weighted by atomic mass is 10.2. The van der Waals surface area contributed by atoms with Gasteiger partial charge in [0.2, 0.25) is 0 Å². The van der Waals surface area contributed by atoms with Crippen LogP contribution in [0, 0.1) is 6.92 Å². The Morgan fingerprint density at radius 1 is 1.30 bits per heavy atom. The number of hydrogen-bond acceptors (Lipinski definition) is 3. The summed E-state index contributed by atoms with van der Waals surface area (Å²) in [4.78, 5) is 11.7. The summed E-state index contributed by atoms with van der Waals surface area (Å²) in [5, 5.41) is 4.22. The first-order valence-corrected chi connectivity index (χ1v) is 6.34. The fraction of sp³-hybridized carbons (Fsp3) is 0.0667. The van der Waals surface area contributed by atoms with Gasteiger partial charge in [-0.3, -0.25) is 4.79 Å². The van der Waals surface area contributed by atoms with Crippen LogP contribution in [0.3, 0.4) is 0 Å². The van der Waals surface area contributed by atoms with Gasteiger partial charge in [-0.2, -0.15) is 5.10 Å². The summed E-state index contributed by atoms with van der Waals surface area (Å²) in [6, 6.07) is 11.2. The first kappa shape index (κ1) is 14.1. The number of nitrogens with one attached hydrogen (secondary N) is 1. The second-order valence-corrected chi connectivity index (χ2v) is 4.47. The number of aryl methyl sites for hydroxylation is 1. The Kier molecular flexibility index (Phi) is 4.74. The average Bonchev–Trinajstić information content (AvgIpc) is 2.86. The molecule has 20 heavy (non-hydrogen) atoms. The van der Waals surface area contributed by atoms with Crippen molar-refractivity contribution in [2.75, 3.05) is 0 Å². The molecule has 1 heterocycles. The molecule has 0 saturated heterocycles. The van der Waals surface area contributed by atoms with Gasteiger partial charge in [0.05, 0.1) is 23.1 Å². The molecule has 5 heteroatoms. The fourth-order valence-corrected chi connectivity index (χ4v) is 1.75. The molecule has 0 fully saturated rings. The molecule has 0 unspecified atom stereocenters. The number of hydrogen-bond donors (Lipinski definition) is 1. The molecule has 0 aliphatic carbocycles. The highest BCUT2D eigenvalue weighted by Crippen LogP contribution is 2.09. The zero-order valence-corrected chi connectivity index (χ0v) is 11.6. The maximum atomic E-state index is 11.7. The van der Waals surface area contributed by atoms with Crippen LogP contribution in [0.2, 0.25) is 0 Å². The predicted molar refractivity (Wildman–Crippen MR) is 79.7 cm³/mol. The van der Waals surface area contributed by atoms with E-state index in [1.165, 1.54) is 12.5 Å².